The molecule has 7 heteroatoms. The number of nitrogens with zero attached hydrogens (tertiary/aromatic N) is 2. The summed E-state index contributed by atoms with van der Waals surface area (Å²) in [7, 11) is 0. The van der Waals surface area contributed by atoms with E-state index in [1.54, 1.807) is 18.2 Å². The lowest BCUT2D eigenvalue weighted by Crippen LogP contribution is -2.34. The summed E-state index contributed by atoms with van der Waals surface area (Å²) in [6.45, 7) is 6.00. The zero-order chi connectivity index (χ0) is 19.6. The molecular formula is C20H21BrN4O2. The Morgan fingerprint density at radius 3 is 2.56 bits per heavy atom. The first kappa shape index (κ1) is 19.1. The smallest absolute Gasteiger partial charge is 0.251 e. The number of fused-ring (bicyclic) bond motifs is 1. The van der Waals surface area contributed by atoms with Gasteiger partial charge >= 0.3 is 0 Å². The van der Waals surface area contributed by atoms with Gasteiger partial charge in [0.25, 0.3) is 5.91 Å². The maximum Gasteiger partial charge on any atom is 0.251 e. The molecule has 3 rings (SSSR count). The average molecular weight is 429 g/mol. The quantitative estimate of drug-likeness (QED) is 0.660. The summed E-state index contributed by atoms with van der Waals surface area (Å²) in [5, 5.41) is 5.44. The van der Waals surface area contributed by atoms with Crippen LogP contribution in [-0.4, -0.2) is 27.9 Å². The van der Waals surface area contributed by atoms with Gasteiger partial charge in [-0.15, -0.1) is 0 Å². The molecule has 3 aromatic rings. The van der Waals surface area contributed by atoms with Gasteiger partial charge in [0, 0.05) is 15.6 Å². The lowest BCUT2D eigenvalue weighted by molar-refractivity contribution is -0.115. The number of amides is 2. The summed E-state index contributed by atoms with van der Waals surface area (Å²) in [6.07, 6.45) is 0. The molecule has 0 fully saturated rings. The van der Waals surface area contributed by atoms with E-state index in [0.29, 0.717) is 11.5 Å². The lowest BCUT2D eigenvalue weighted by Gasteiger charge is -2.24. The summed E-state index contributed by atoms with van der Waals surface area (Å²) < 4.78 is 2.79. The van der Waals surface area contributed by atoms with Crippen molar-refractivity contribution < 1.29 is 9.59 Å². The molecule has 0 saturated heterocycles. The molecule has 1 aromatic heterocycles. The Morgan fingerprint density at radius 1 is 1.11 bits per heavy atom. The number of carbonyl (C=O) groups is 2. The van der Waals surface area contributed by atoms with Gasteiger partial charge in [-0.2, -0.15) is 0 Å². The second-order valence-corrected chi connectivity index (χ2v) is 8.09. The Labute approximate surface area is 166 Å². The Bertz CT molecular complexity index is 1000. The maximum atomic E-state index is 12.4. The first-order valence-electron chi connectivity index (χ1n) is 8.57. The molecule has 0 spiro atoms. The van der Waals surface area contributed by atoms with Gasteiger partial charge in [0.05, 0.1) is 17.6 Å². The van der Waals surface area contributed by atoms with Gasteiger partial charge in [-0.1, -0.05) is 34.1 Å². The van der Waals surface area contributed by atoms with Crippen molar-refractivity contribution in [3.05, 3.63) is 58.6 Å². The van der Waals surface area contributed by atoms with Crippen molar-refractivity contribution in [2.75, 3.05) is 11.9 Å². The molecule has 0 saturated carbocycles. The number of carbonyl (C=O) groups excluding carboxylic acids is 2. The number of rotatable bonds is 4. The molecule has 0 atom stereocenters. The third-order valence-corrected chi connectivity index (χ3v) is 4.47. The van der Waals surface area contributed by atoms with E-state index in [1.807, 2.05) is 55.7 Å². The van der Waals surface area contributed by atoms with Crippen molar-refractivity contribution >= 4 is 44.7 Å². The highest BCUT2D eigenvalue weighted by Gasteiger charge is 2.22. The first-order chi connectivity index (χ1) is 12.8. The Morgan fingerprint density at radius 2 is 1.85 bits per heavy atom. The molecule has 1 heterocycles. The van der Waals surface area contributed by atoms with Crippen LogP contribution >= 0.6 is 15.9 Å². The van der Waals surface area contributed by atoms with Crippen molar-refractivity contribution in [2.45, 2.75) is 26.3 Å². The summed E-state index contributed by atoms with van der Waals surface area (Å²) in [5.74, 6) is -0.180. The highest BCUT2D eigenvalue weighted by atomic mass is 79.9. The topological polar surface area (TPSA) is 76.0 Å². The van der Waals surface area contributed by atoms with E-state index in [9.17, 15) is 9.59 Å². The van der Waals surface area contributed by atoms with Crippen LogP contribution in [0.1, 0.15) is 31.1 Å². The Hall–Kier alpha value is -2.67. The van der Waals surface area contributed by atoms with E-state index in [2.05, 4.69) is 31.5 Å². The van der Waals surface area contributed by atoms with Crippen LogP contribution in [-0.2, 0) is 10.3 Å². The van der Waals surface area contributed by atoms with E-state index in [-0.39, 0.29) is 23.9 Å². The number of imidazole rings is 1. The molecule has 2 N–H and O–H groups in total. The molecule has 0 radical (unpaired) electrons. The van der Waals surface area contributed by atoms with Crippen LogP contribution in [0.3, 0.4) is 0 Å². The minimum Gasteiger partial charge on any atom is -0.343 e. The van der Waals surface area contributed by atoms with Crippen LogP contribution in [0.4, 0.5) is 5.95 Å². The van der Waals surface area contributed by atoms with Crippen molar-refractivity contribution in [3.8, 4) is 0 Å². The summed E-state index contributed by atoms with van der Waals surface area (Å²) in [6, 6.07) is 14.7. The number of nitrogens with one attached hydrogen (secondary N) is 2. The van der Waals surface area contributed by atoms with Gasteiger partial charge in [0.15, 0.2) is 0 Å². The molecular weight excluding hydrogens is 408 g/mol. The fourth-order valence-corrected chi connectivity index (χ4v) is 3.25. The molecule has 27 heavy (non-hydrogen) atoms. The van der Waals surface area contributed by atoms with Gasteiger partial charge in [-0.25, -0.2) is 4.98 Å². The lowest BCUT2D eigenvalue weighted by atomic mass is 10.1. The SMILES string of the molecule is CC(C)(C)n1c(NC(=O)CNC(=O)c2cccc(Br)c2)nc2ccccc21. The van der Waals surface area contributed by atoms with Crippen molar-refractivity contribution in [3.63, 3.8) is 0 Å². The van der Waals surface area contributed by atoms with Crippen LogP contribution in [0.5, 0.6) is 0 Å². The second-order valence-electron chi connectivity index (χ2n) is 7.17. The first-order valence-corrected chi connectivity index (χ1v) is 9.36. The fraction of sp³-hybridized carbons (Fsp3) is 0.250. The number of para-hydroxylation sites is 2. The number of benzene rings is 2. The average Bonchev–Trinajstić information content (AvgIpc) is 2.97. The van der Waals surface area contributed by atoms with Crippen molar-refractivity contribution in [1.82, 2.24) is 14.9 Å². The van der Waals surface area contributed by atoms with Gasteiger partial charge < -0.3 is 9.88 Å². The van der Waals surface area contributed by atoms with Crippen molar-refractivity contribution in [1.29, 1.82) is 0 Å². The van der Waals surface area contributed by atoms with E-state index < -0.39 is 0 Å². The highest BCUT2D eigenvalue weighted by Crippen LogP contribution is 2.27. The van der Waals surface area contributed by atoms with Gasteiger partial charge in [-0.05, 0) is 51.1 Å². The van der Waals surface area contributed by atoms with Gasteiger partial charge in [-0.3, -0.25) is 14.9 Å². The van der Waals surface area contributed by atoms with Crippen LogP contribution in [0, 0.1) is 0 Å². The van der Waals surface area contributed by atoms with Crippen LogP contribution < -0.4 is 10.6 Å². The maximum absolute atomic E-state index is 12.4. The molecule has 0 aliphatic rings. The molecule has 0 bridgehead atoms. The van der Waals surface area contributed by atoms with E-state index in [4.69, 9.17) is 0 Å². The van der Waals surface area contributed by atoms with Crippen LogP contribution in [0.15, 0.2) is 53.0 Å². The summed E-state index contributed by atoms with van der Waals surface area (Å²) >= 11 is 3.33. The highest BCUT2D eigenvalue weighted by molar-refractivity contribution is 9.10. The zero-order valence-electron chi connectivity index (χ0n) is 15.4. The van der Waals surface area contributed by atoms with Crippen LogP contribution in [0.2, 0.25) is 0 Å². The second kappa shape index (κ2) is 7.52. The number of hydrogen-bond acceptors (Lipinski definition) is 3. The Kier molecular flexibility index (Phi) is 5.32. The standard InChI is InChI=1S/C20H21BrN4O2/c1-20(2,3)25-16-10-5-4-9-15(16)23-19(25)24-17(26)12-22-18(27)13-7-6-8-14(21)11-13/h4-11H,12H2,1-3H3,(H,22,27)(H,23,24,26). The number of hydrogen-bond donors (Lipinski definition) is 2. The number of aromatic nitrogens is 2. The molecule has 6 nitrogen and oxygen atoms in total. The third kappa shape index (κ3) is 4.36. The van der Waals surface area contributed by atoms with E-state index in [1.165, 1.54) is 0 Å². The summed E-state index contributed by atoms with van der Waals surface area (Å²) in [5.41, 5.74) is 1.97. The molecule has 0 unspecified atom stereocenters. The molecule has 0 aliphatic heterocycles. The summed E-state index contributed by atoms with van der Waals surface area (Å²) in [4.78, 5) is 29.1. The van der Waals surface area contributed by atoms with Crippen molar-refractivity contribution in [2.24, 2.45) is 0 Å². The van der Waals surface area contributed by atoms with Crippen LogP contribution in [0.25, 0.3) is 11.0 Å². The predicted molar refractivity (Wildman–Crippen MR) is 110 cm³/mol. The van der Waals surface area contributed by atoms with Gasteiger partial charge in [0.1, 0.15) is 0 Å². The third-order valence-electron chi connectivity index (χ3n) is 3.98. The van der Waals surface area contributed by atoms with E-state index >= 15 is 0 Å². The Balaban J connectivity index is 1.74. The minimum atomic E-state index is -0.334. The molecule has 2 amide bonds. The van der Waals surface area contributed by atoms with E-state index in [0.717, 1.165) is 15.5 Å². The monoisotopic (exact) mass is 428 g/mol. The molecule has 2 aromatic carbocycles. The molecule has 0 aliphatic carbocycles. The zero-order valence-corrected chi connectivity index (χ0v) is 17.0. The normalized spacial score (nSPS) is 11.4. The predicted octanol–water partition coefficient (Wildman–Crippen LogP) is 3.92. The molecule has 140 valence electrons. The largest absolute Gasteiger partial charge is 0.343 e. The minimum absolute atomic E-state index is 0.140. The number of anilines is 1. The van der Waals surface area contributed by atoms with Gasteiger partial charge in [0.2, 0.25) is 11.9 Å². The fourth-order valence-electron chi connectivity index (χ4n) is 2.85. The number of halogens is 1.